The van der Waals surface area contributed by atoms with Crippen LogP contribution >= 0.6 is 0 Å². The van der Waals surface area contributed by atoms with Gasteiger partial charge in [-0.15, -0.1) is 0 Å². The average molecular weight is 450 g/mol. The lowest BCUT2D eigenvalue weighted by Crippen LogP contribution is -2.08. The minimum Gasteiger partial charge on any atom is -0.493 e. The molecule has 3 aromatic rings. The lowest BCUT2D eigenvalue weighted by atomic mass is 10.1. The van der Waals surface area contributed by atoms with Crippen molar-refractivity contribution in [3.8, 4) is 11.6 Å². The van der Waals surface area contributed by atoms with Crippen molar-refractivity contribution in [3.05, 3.63) is 36.5 Å². The molecule has 4 N–H and O–H groups in total. The summed E-state index contributed by atoms with van der Waals surface area (Å²) in [5.41, 5.74) is -0.230. The summed E-state index contributed by atoms with van der Waals surface area (Å²) in [6.07, 6.45) is 1.14. The van der Waals surface area contributed by atoms with Crippen molar-refractivity contribution in [2.45, 2.75) is 14.7 Å². The van der Waals surface area contributed by atoms with Crippen LogP contribution in [-0.4, -0.2) is 53.8 Å². The molecule has 0 amide bonds. The summed E-state index contributed by atoms with van der Waals surface area (Å²) in [7, 11) is -15.2. The molecule has 0 fully saturated rings. The Kier molecular flexibility index (Phi) is 4.49. The van der Waals surface area contributed by atoms with E-state index in [1.807, 2.05) is 0 Å². The Morgan fingerprint density at radius 2 is 1.29 bits per heavy atom. The van der Waals surface area contributed by atoms with Crippen molar-refractivity contribution < 1.29 is 44.0 Å². The van der Waals surface area contributed by atoms with Gasteiger partial charge in [0.1, 0.15) is 9.79 Å². The van der Waals surface area contributed by atoms with Gasteiger partial charge in [0, 0.05) is 16.8 Å². The van der Waals surface area contributed by atoms with Crippen LogP contribution in [0.1, 0.15) is 0 Å². The van der Waals surface area contributed by atoms with Gasteiger partial charge in [-0.05, 0) is 24.3 Å². The Balaban J connectivity index is 2.62. The molecule has 2 aromatic carbocycles. The first kappa shape index (κ1) is 20.2. The van der Waals surface area contributed by atoms with Gasteiger partial charge in [-0.25, -0.2) is 4.68 Å². The van der Waals surface area contributed by atoms with Crippen molar-refractivity contribution in [1.29, 1.82) is 0 Å². The number of aromatic nitrogens is 2. The first-order chi connectivity index (χ1) is 12.7. The Bertz CT molecular complexity index is 1440. The number of hydrogen-bond donors (Lipinski definition) is 4. The van der Waals surface area contributed by atoms with Crippen LogP contribution in [0.5, 0.6) is 5.88 Å². The van der Waals surface area contributed by atoms with Crippen LogP contribution in [0.4, 0.5) is 0 Å². The fourth-order valence-corrected chi connectivity index (χ4v) is 4.60. The van der Waals surface area contributed by atoms with Gasteiger partial charge in [0.25, 0.3) is 30.4 Å². The molecule has 12 nitrogen and oxygen atoms in total. The molecule has 0 atom stereocenters. The highest BCUT2D eigenvalue weighted by molar-refractivity contribution is 7.87. The summed E-state index contributed by atoms with van der Waals surface area (Å²) in [5.74, 6) is -0.469. The number of fused-ring (bicyclic) bond motifs is 1. The van der Waals surface area contributed by atoms with Crippen LogP contribution in [0.25, 0.3) is 16.5 Å². The van der Waals surface area contributed by atoms with Crippen LogP contribution in [0.3, 0.4) is 0 Å². The highest BCUT2D eigenvalue weighted by atomic mass is 32.2. The third-order valence-corrected chi connectivity index (χ3v) is 6.29. The van der Waals surface area contributed by atoms with Gasteiger partial charge in [-0.1, -0.05) is 0 Å². The molecule has 0 saturated heterocycles. The quantitative estimate of drug-likeness (QED) is 0.402. The Hall–Kier alpha value is -2.56. The lowest BCUT2D eigenvalue weighted by Gasteiger charge is -2.13. The van der Waals surface area contributed by atoms with E-state index in [9.17, 15) is 44.0 Å². The number of rotatable bonds is 4. The molecule has 0 spiro atoms. The molecular formula is C13H10N2O10S3. The Morgan fingerprint density at radius 3 is 1.75 bits per heavy atom. The Labute approximate surface area is 157 Å². The standard InChI is InChI=1S/C13H10N2O10S3/c16-13-1-2-14-15(13)7-3-9-10(11(4-7)27(20,21)22)5-8(26(17,18)19)6-12(9)28(23,24)25/h1-6,16H,(H,17,18,19)(H,20,21,22)(H,23,24,25). The fraction of sp³-hybridized carbons (Fsp3) is 0. The van der Waals surface area contributed by atoms with Crippen LogP contribution in [0.2, 0.25) is 0 Å². The summed E-state index contributed by atoms with van der Waals surface area (Å²) in [6.45, 7) is 0. The molecule has 0 unspecified atom stereocenters. The minimum atomic E-state index is -5.11. The second kappa shape index (κ2) is 6.23. The Morgan fingerprint density at radius 1 is 0.750 bits per heavy atom. The lowest BCUT2D eigenvalue weighted by molar-refractivity contribution is 0.433. The molecule has 150 valence electrons. The second-order valence-electron chi connectivity index (χ2n) is 5.49. The van der Waals surface area contributed by atoms with Gasteiger partial charge in [-0.2, -0.15) is 30.4 Å². The van der Waals surface area contributed by atoms with E-state index in [0.717, 1.165) is 29.1 Å². The molecule has 1 aromatic heterocycles. The zero-order valence-corrected chi connectivity index (χ0v) is 15.8. The van der Waals surface area contributed by atoms with Crippen molar-refractivity contribution in [1.82, 2.24) is 9.78 Å². The predicted octanol–water partition coefficient (Wildman–Crippen LogP) is 0.471. The van der Waals surface area contributed by atoms with Crippen LogP contribution in [0.15, 0.2) is 51.2 Å². The van der Waals surface area contributed by atoms with E-state index in [1.165, 1.54) is 0 Å². The van der Waals surface area contributed by atoms with Crippen LogP contribution in [-0.2, 0) is 30.4 Å². The molecule has 15 heteroatoms. The summed E-state index contributed by atoms with van der Waals surface area (Å²) in [4.78, 5) is -3.05. The maximum absolute atomic E-state index is 11.8. The average Bonchev–Trinajstić information content (AvgIpc) is 2.96. The van der Waals surface area contributed by atoms with E-state index in [1.54, 1.807) is 0 Å². The maximum Gasteiger partial charge on any atom is 0.295 e. The summed E-state index contributed by atoms with van der Waals surface area (Å²) in [6, 6.07) is 3.91. The molecule has 0 aliphatic carbocycles. The SMILES string of the molecule is O=S(=O)(O)c1cc(S(=O)(=O)O)c2cc(-n3nccc3O)cc(S(=O)(=O)O)c2c1. The molecule has 3 rings (SSSR count). The van der Waals surface area contributed by atoms with Gasteiger partial charge < -0.3 is 5.11 Å². The topological polar surface area (TPSA) is 201 Å². The highest BCUT2D eigenvalue weighted by Crippen LogP contribution is 2.34. The van der Waals surface area contributed by atoms with E-state index in [0.29, 0.717) is 12.1 Å². The highest BCUT2D eigenvalue weighted by Gasteiger charge is 2.26. The number of aromatic hydroxyl groups is 1. The third-order valence-electron chi connectivity index (χ3n) is 3.67. The first-order valence-electron chi connectivity index (χ1n) is 6.97. The zero-order chi connectivity index (χ0) is 21.1. The normalized spacial score (nSPS) is 13.1. The van der Waals surface area contributed by atoms with E-state index in [-0.39, 0.29) is 5.69 Å². The van der Waals surface area contributed by atoms with Crippen molar-refractivity contribution in [3.63, 3.8) is 0 Å². The van der Waals surface area contributed by atoms with Crippen molar-refractivity contribution >= 4 is 41.1 Å². The second-order valence-corrected chi connectivity index (χ2v) is 9.69. The number of nitrogens with zero attached hydrogens (tertiary/aromatic N) is 2. The van der Waals surface area contributed by atoms with Crippen LogP contribution in [0, 0.1) is 0 Å². The van der Waals surface area contributed by atoms with Gasteiger partial charge in [0.05, 0.1) is 16.8 Å². The van der Waals surface area contributed by atoms with Crippen molar-refractivity contribution in [2.75, 3.05) is 0 Å². The molecule has 1 heterocycles. The fourth-order valence-electron chi connectivity index (χ4n) is 2.55. The van der Waals surface area contributed by atoms with E-state index in [2.05, 4.69) is 5.10 Å². The summed E-state index contributed by atoms with van der Waals surface area (Å²) >= 11 is 0. The molecule has 0 radical (unpaired) electrons. The van der Waals surface area contributed by atoms with Crippen LogP contribution < -0.4 is 0 Å². The summed E-state index contributed by atoms with van der Waals surface area (Å²) < 4.78 is 99.0. The number of benzene rings is 2. The van der Waals surface area contributed by atoms with Gasteiger partial charge in [0.2, 0.25) is 5.88 Å². The monoisotopic (exact) mass is 450 g/mol. The molecule has 0 aliphatic rings. The molecule has 28 heavy (non-hydrogen) atoms. The van der Waals surface area contributed by atoms with E-state index in [4.69, 9.17) is 0 Å². The van der Waals surface area contributed by atoms with Crippen molar-refractivity contribution in [2.24, 2.45) is 0 Å². The minimum absolute atomic E-state index is 0.230. The molecule has 0 bridgehead atoms. The molecule has 0 aliphatic heterocycles. The smallest absolute Gasteiger partial charge is 0.295 e. The van der Waals surface area contributed by atoms with Gasteiger partial charge in [0.15, 0.2) is 0 Å². The predicted molar refractivity (Wildman–Crippen MR) is 92.2 cm³/mol. The summed E-state index contributed by atoms with van der Waals surface area (Å²) in [5, 5.41) is 12.3. The number of hydrogen-bond acceptors (Lipinski definition) is 8. The molecular weight excluding hydrogens is 440 g/mol. The van der Waals surface area contributed by atoms with Gasteiger partial charge >= 0.3 is 0 Å². The van der Waals surface area contributed by atoms with Gasteiger partial charge in [-0.3, -0.25) is 13.7 Å². The first-order valence-corrected chi connectivity index (χ1v) is 11.3. The van der Waals surface area contributed by atoms with E-state index >= 15 is 0 Å². The molecule has 0 saturated carbocycles. The zero-order valence-electron chi connectivity index (χ0n) is 13.3. The van der Waals surface area contributed by atoms with E-state index < -0.39 is 61.7 Å². The third kappa shape index (κ3) is 3.58. The largest absolute Gasteiger partial charge is 0.493 e. The maximum atomic E-state index is 11.8.